The number of aromatic nitrogens is 1. The third-order valence-corrected chi connectivity index (χ3v) is 4.13. The molecule has 1 fully saturated rings. The maximum atomic E-state index is 11.1. The van der Waals surface area contributed by atoms with Crippen molar-refractivity contribution >= 4 is 11.5 Å². The lowest BCUT2D eigenvalue weighted by Gasteiger charge is -2.35. The van der Waals surface area contributed by atoms with Gasteiger partial charge in [-0.1, -0.05) is 19.3 Å². The Morgan fingerprint density at radius 3 is 2.71 bits per heavy atom. The van der Waals surface area contributed by atoms with E-state index in [1.165, 1.54) is 25.7 Å². The number of anilines is 1. The number of aliphatic hydroxyl groups is 1. The Labute approximate surface area is 123 Å². The summed E-state index contributed by atoms with van der Waals surface area (Å²) < 4.78 is 5.01. The van der Waals surface area contributed by atoms with Crippen molar-refractivity contribution in [2.24, 2.45) is 5.41 Å². The first kappa shape index (κ1) is 15.5. The number of hydrogen-bond acceptors (Lipinski definition) is 6. The number of hydrogen-bond donors (Lipinski definition) is 2. The van der Waals surface area contributed by atoms with Gasteiger partial charge in [-0.3, -0.25) is 10.1 Å². The zero-order chi connectivity index (χ0) is 15.3. The Morgan fingerprint density at radius 2 is 2.14 bits per heavy atom. The molecule has 0 aromatic carbocycles. The van der Waals surface area contributed by atoms with E-state index in [0.717, 1.165) is 25.7 Å². The molecular formula is C14H21N3O4. The number of pyridine rings is 1. The Morgan fingerprint density at radius 1 is 1.43 bits per heavy atom. The number of nitro groups is 1. The standard InChI is InChI=1S/C14H21N3O4/c1-21-12-6-5-11(17(19)20)13(16-12)15-9-14(10-18)7-3-2-4-8-14/h5-6,18H,2-4,7-10H2,1H3,(H,15,16). The van der Waals surface area contributed by atoms with Crippen LogP contribution in [-0.2, 0) is 0 Å². The molecule has 0 atom stereocenters. The smallest absolute Gasteiger partial charge is 0.311 e. The molecule has 0 spiro atoms. The Balaban J connectivity index is 2.15. The van der Waals surface area contributed by atoms with E-state index in [1.54, 1.807) is 0 Å². The molecule has 1 aliphatic carbocycles. The summed E-state index contributed by atoms with van der Waals surface area (Å²) in [5, 5.41) is 23.8. The van der Waals surface area contributed by atoms with Crippen molar-refractivity contribution in [1.82, 2.24) is 4.98 Å². The number of aliphatic hydroxyl groups excluding tert-OH is 1. The molecule has 7 heteroatoms. The van der Waals surface area contributed by atoms with Crippen molar-refractivity contribution in [3.05, 3.63) is 22.2 Å². The van der Waals surface area contributed by atoms with Gasteiger partial charge in [0.2, 0.25) is 11.7 Å². The topological polar surface area (TPSA) is 97.5 Å². The number of ether oxygens (including phenoxy) is 1. The van der Waals surface area contributed by atoms with Gasteiger partial charge in [0, 0.05) is 24.1 Å². The number of nitrogens with one attached hydrogen (secondary N) is 1. The van der Waals surface area contributed by atoms with Gasteiger partial charge in [-0.25, -0.2) is 0 Å². The minimum absolute atomic E-state index is 0.0811. The number of nitrogens with zero attached hydrogens (tertiary/aromatic N) is 2. The van der Waals surface area contributed by atoms with Crippen LogP contribution in [0.1, 0.15) is 32.1 Å². The fraction of sp³-hybridized carbons (Fsp3) is 0.643. The molecule has 0 saturated heterocycles. The highest BCUT2D eigenvalue weighted by atomic mass is 16.6. The molecular weight excluding hydrogens is 274 g/mol. The van der Waals surface area contributed by atoms with Crippen molar-refractivity contribution in [3.63, 3.8) is 0 Å². The van der Waals surface area contributed by atoms with Crippen LogP contribution in [-0.4, -0.2) is 35.3 Å². The van der Waals surface area contributed by atoms with Gasteiger partial charge in [0.25, 0.3) is 0 Å². The maximum Gasteiger partial charge on any atom is 0.311 e. The van der Waals surface area contributed by atoms with Crippen LogP contribution in [0.5, 0.6) is 5.88 Å². The normalized spacial score (nSPS) is 17.2. The first-order valence-electron chi connectivity index (χ1n) is 7.14. The summed E-state index contributed by atoms with van der Waals surface area (Å²) in [6.07, 6.45) is 5.19. The molecule has 1 aromatic heterocycles. The summed E-state index contributed by atoms with van der Waals surface area (Å²) in [7, 11) is 1.47. The molecule has 1 aliphatic rings. The highest BCUT2D eigenvalue weighted by molar-refractivity contribution is 5.57. The van der Waals surface area contributed by atoms with Crippen LogP contribution in [0.25, 0.3) is 0 Å². The van der Waals surface area contributed by atoms with Gasteiger partial charge in [-0.15, -0.1) is 0 Å². The largest absolute Gasteiger partial charge is 0.481 e. The minimum atomic E-state index is -0.471. The van der Waals surface area contributed by atoms with E-state index < -0.39 is 4.92 Å². The van der Waals surface area contributed by atoms with Crippen molar-refractivity contribution in [2.45, 2.75) is 32.1 Å². The van der Waals surface area contributed by atoms with Crippen LogP contribution < -0.4 is 10.1 Å². The van der Waals surface area contributed by atoms with Crippen LogP contribution in [0.2, 0.25) is 0 Å². The maximum absolute atomic E-state index is 11.1. The second-order valence-electron chi connectivity index (χ2n) is 5.55. The van der Waals surface area contributed by atoms with E-state index in [0.29, 0.717) is 12.4 Å². The Bertz CT molecular complexity index is 501. The molecule has 7 nitrogen and oxygen atoms in total. The van der Waals surface area contributed by atoms with E-state index in [9.17, 15) is 15.2 Å². The molecule has 0 bridgehead atoms. The quantitative estimate of drug-likeness (QED) is 0.617. The second-order valence-corrected chi connectivity index (χ2v) is 5.55. The van der Waals surface area contributed by atoms with E-state index in [2.05, 4.69) is 10.3 Å². The molecule has 0 amide bonds. The third-order valence-electron chi connectivity index (χ3n) is 4.13. The van der Waals surface area contributed by atoms with Gasteiger partial charge in [-0.05, 0) is 12.8 Å². The first-order valence-corrected chi connectivity index (χ1v) is 7.14. The van der Waals surface area contributed by atoms with Crippen molar-refractivity contribution in [2.75, 3.05) is 25.6 Å². The Kier molecular flexibility index (Phi) is 4.95. The van der Waals surface area contributed by atoms with Crippen LogP contribution in [0.15, 0.2) is 12.1 Å². The van der Waals surface area contributed by atoms with Crippen LogP contribution >= 0.6 is 0 Å². The van der Waals surface area contributed by atoms with E-state index in [1.807, 2.05) is 0 Å². The highest BCUT2D eigenvalue weighted by Gasteiger charge is 2.32. The Hall–Kier alpha value is -1.89. The van der Waals surface area contributed by atoms with E-state index in [4.69, 9.17) is 4.74 Å². The zero-order valence-electron chi connectivity index (χ0n) is 12.2. The molecule has 1 aromatic rings. The summed E-state index contributed by atoms with van der Waals surface area (Å²) in [6.45, 7) is 0.558. The molecule has 0 aliphatic heterocycles. The summed E-state index contributed by atoms with van der Waals surface area (Å²) in [5.41, 5.74) is -0.295. The predicted molar refractivity (Wildman–Crippen MR) is 78.5 cm³/mol. The molecule has 116 valence electrons. The molecule has 21 heavy (non-hydrogen) atoms. The molecule has 0 unspecified atom stereocenters. The fourth-order valence-electron chi connectivity index (χ4n) is 2.79. The molecule has 1 saturated carbocycles. The van der Waals surface area contributed by atoms with Gasteiger partial charge < -0.3 is 15.2 Å². The summed E-state index contributed by atoms with van der Waals surface area (Å²) in [5.74, 6) is 0.516. The average molecular weight is 295 g/mol. The van der Waals surface area contributed by atoms with Gasteiger partial charge in [0.05, 0.1) is 18.6 Å². The highest BCUT2D eigenvalue weighted by Crippen LogP contribution is 2.36. The lowest BCUT2D eigenvalue weighted by atomic mass is 9.74. The lowest BCUT2D eigenvalue weighted by Crippen LogP contribution is -2.35. The molecule has 2 rings (SSSR count). The SMILES string of the molecule is COc1ccc([N+](=O)[O-])c(NCC2(CO)CCCCC2)n1. The van der Waals surface area contributed by atoms with Gasteiger partial charge in [-0.2, -0.15) is 4.98 Å². The monoisotopic (exact) mass is 295 g/mol. The third kappa shape index (κ3) is 3.60. The lowest BCUT2D eigenvalue weighted by molar-refractivity contribution is -0.384. The minimum Gasteiger partial charge on any atom is -0.481 e. The zero-order valence-corrected chi connectivity index (χ0v) is 12.2. The number of methoxy groups -OCH3 is 1. The summed E-state index contributed by atoms with van der Waals surface area (Å²) >= 11 is 0. The van der Waals surface area contributed by atoms with Crippen LogP contribution in [0.3, 0.4) is 0 Å². The number of rotatable bonds is 6. The summed E-state index contributed by atoms with van der Waals surface area (Å²) in [6, 6.07) is 2.84. The van der Waals surface area contributed by atoms with Crippen LogP contribution in [0, 0.1) is 15.5 Å². The van der Waals surface area contributed by atoms with Crippen molar-refractivity contribution < 1.29 is 14.8 Å². The van der Waals surface area contributed by atoms with E-state index in [-0.39, 0.29) is 23.5 Å². The molecule has 1 heterocycles. The van der Waals surface area contributed by atoms with Crippen molar-refractivity contribution in [3.8, 4) is 5.88 Å². The van der Waals surface area contributed by atoms with Gasteiger partial charge >= 0.3 is 5.69 Å². The second kappa shape index (κ2) is 6.71. The molecule has 0 radical (unpaired) electrons. The average Bonchev–Trinajstić information content (AvgIpc) is 2.53. The van der Waals surface area contributed by atoms with Crippen molar-refractivity contribution in [1.29, 1.82) is 0 Å². The first-order chi connectivity index (χ1) is 10.1. The van der Waals surface area contributed by atoms with Crippen LogP contribution in [0.4, 0.5) is 11.5 Å². The van der Waals surface area contributed by atoms with Gasteiger partial charge in [0.15, 0.2) is 0 Å². The summed E-state index contributed by atoms with van der Waals surface area (Å²) in [4.78, 5) is 14.7. The van der Waals surface area contributed by atoms with Gasteiger partial charge in [0.1, 0.15) is 0 Å². The van der Waals surface area contributed by atoms with E-state index >= 15 is 0 Å². The predicted octanol–water partition coefficient (Wildman–Crippen LogP) is 2.35. The molecule has 2 N–H and O–H groups in total. The fourth-order valence-corrected chi connectivity index (χ4v) is 2.79.